The summed E-state index contributed by atoms with van der Waals surface area (Å²) in [6.07, 6.45) is 1.65. The minimum Gasteiger partial charge on any atom is -0.493 e. The fourth-order valence-corrected chi connectivity index (χ4v) is 3.93. The van der Waals surface area contributed by atoms with E-state index in [-0.39, 0.29) is 18.0 Å². The third kappa shape index (κ3) is 7.97. The molecule has 1 saturated heterocycles. The van der Waals surface area contributed by atoms with Gasteiger partial charge in [-0.25, -0.2) is 4.79 Å². The number of benzene rings is 2. The molecule has 1 atom stereocenters. The highest BCUT2D eigenvalue weighted by Crippen LogP contribution is 2.33. The summed E-state index contributed by atoms with van der Waals surface area (Å²) in [7, 11) is 1.67. The molecule has 0 bridgehead atoms. The van der Waals surface area contributed by atoms with Crippen LogP contribution in [0.2, 0.25) is 0 Å². The number of nitrogens with one attached hydrogen (secondary N) is 1. The lowest BCUT2D eigenvalue weighted by molar-refractivity contribution is -0.143. The molecule has 0 radical (unpaired) electrons. The molecule has 0 spiro atoms. The van der Waals surface area contributed by atoms with Gasteiger partial charge in [-0.05, 0) is 49.6 Å². The van der Waals surface area contributed by atoms with Crippen molar-refractivity contribution in [2.45, 2.75) is 39.2 Å². The highest BCUT2D eigenvalue weighted by molar-refractivity contribution is 5.90. The molecular formula is C27H36N2O6. The summed E-state index contributed by atoms with van der Waals surface area (Å²) in [6, 6.07) is 13.6. The van der Waals surface area contributed by atoms with Gasteiger partial charge in [0.15, 0.2) is 0 Å². The van der Waals surface area contributed by atoms with E-state index >= 15 is 0 Å². The molecule has 1 N–H and O–H groups in total. The lowest BCUT2D eigenvalue weighted by Crippen LogP contribution is -2.48. The van der Waals surface area contributed by atoms with E-state index in [1.54, 1.807) is 18.9 Å². The summed E-state index contributed by atoms with van der Waals surface area (Å²) >= 11 is 0. The number of urea groups is 1. The minimum absolute atomic E-state index is 0.0289. The second-order valence-corrected chi connectivity index (χ2v) is 8.46. The van der Waals surface area contributed by atoms with Crippen LogP contribution >= 0.6 is 0 Å². The van der Waals surface area contributed by atoms with Gasteiger partial charge in [-0.1, -0.05) is 24.3 Å². The number of hydrogen-bond donors (Lipinski definition) is 1. The Bertz CT molecular complexity index is 980. The molecule has 2 aromatic carbocycles. The molecule has 1 fully saturated rings. The average molecular weight is 485 g/mol. The maximum absolute atomic E-state index is 12.8. The zero-order valence-electron chi connectivity index (χ0n) is 20.9. The van der Waals surface area contributed by atoms with E-state index < -0.39 is 0 Å². The van der Waals surface area contributed by atoms with Crippen molar-refractivity contribution in [2.75, 3.05) is 52.0 Å². The van der Waals surface area contributed by atoms with Crippen LogP contribution in [0.3, 0.4) is 0 Å². The van der Waals surface area contributed by atoms with Crippen molar-refractivity contribution in [3.05, 3.63) is 48.0 Å². The summed E-state index contributed by atoms with van der Waals surface area (Å²) in [5, 5.41) is 3.01. The molecule has 190 valence electrons. The lowest BCUT2D eigenvalue weighted by atomic mass is 10.00. The number of aryl methyl sites for hydroxylation is 1. The van der Waals surface area contributed by atoms with E-state index in [2.05, 4.69) is 5.32 Å². The molecule has 2 aromatic rings. The van der Waals surface area contributed by atoms with E-state index in [0.29, 0.717) is 58.1 Å². The van der Waals surface area contributed by atoms with E-state index in [1.807, 2.05) is 49.4 Å². The Morgan fingerprint density at radius 3 is 2.80 bits per heavy atom. The highest BCUT2D eigenvalue weighted by atomic mass is 16.5. The zero-order chi connectivity index (χ0) is 25.0. The van der Waals surface area contributed by atoms with Crippen molar-refractivity contribution in [1.29, 1.82) is 0 Å². The number of rotatable bonds is 11. The highest BCUT2D eigenvalue weighted by Gasteiger charge is 2.23. The van der Waals surface area contributed by atoms with Gasteiger partial charge in [0.1, 0.15) is 5.75 Å². The third-order valence-electron chi connectivity index (χ3n) is 5.77. The molecule has 0 saturated carbocycles. The van der Waals surface area contributed by atoms with Crippen molar-refractivity contribution in [2.24, 2.45) is 0 Å². The molecule has 35 heavy (non-hydrogen) atoms. The Balaban J connectivity index is 1.78. The topological polar surface area (TPSA) is 86.3 Å². The number of carbonyl (C=O) groups excluding carboxylic acids is 2. The summed E-state index contributed by atoms with van der Waals surface area (Å²) in [4.78, 5) is 26.4. The largest absolute Gasteiger partial charge is 0.493 e. The van der Waals surface area contributed by atoms with Gasteiger partial charge in [-0.3, -0.25) is 4.79 Å². The van der Waals surface area contributed by atoms with Gasteiger partial charge in [0.25, 0.3) is 0 Å². The van der Waals surface area contributed by atoms with Crippen LogP contribution in [0.4, 0.5) is 10.5 Å². The van der Waals surface area contributed by atoms with Gasteiger partial charge in [0.2, 0.25) is 0 Å². The number of ether oxygens (including phenoxy) is 4. The van der Waals surface area contributed by atoms with Gasteiger partial charge in [0, 0.05) is 44.4 Å². The van der Waals surface area contributed by atoms with Crippen LogP contribution in [0.1, 0.15) is 32.3 Å². The van der Waals surface area contributed by atoms with Crippen LogP contribution in [-0.2, 0) is 25.4 Å². The fraction of sp³-hybridized carbons (Fsp3) is 0.481. The molecule has 1 unspecified atom stereocenters. The number of amides is 2. The van der Waals surface area contributed by atoms with Crippen molar-refractivity contribution in [3.63, 3.8) is 0 Å². The first-order chi connectivity index (χ1) is 17.0. The molecule has 0 aromatic heterocycles. The fourth-order valence-electron chi connectivity index (χ4n) is 3.93. The first-order valence-corrected chi connectivity index (χ1v) is 12.2. The van der Waals surface area contributed by atoms with Crippen LogP contribution in [0.25, 0.3) is 11.1 Å². The SMILES string of the molecule is CCOC(=O)CCc1ccc(-c2cccc(NC(=O)N3CCOCC3C)c2)c(OCCCOC)c1. The molecule has 8 heteroatoms. The first-order valence-electron chi connectivity index (χ1n) is 12.2. The Hall–Kier alpha value is -3.10. The Labute approximate surface area is 207 Å². The lowest BCUT2D eigenvalue weighted by Gasteiger charge is -2.33. The number of nitrogens with zero attached hydrogens (tertiary/aromatic N) is 1. The summed E-state index contributed by atoms with van der Waals surface area (Å²) < 4.78 is 21.7. The second-order valence-electron chi connectivity index (χ2n) is 8.46. The van der Waals surface area contributed by atoms with Gasteiger partial charge in [-0.15, -0.1) is 0 Å². The quantitative estimate of drug-likeness (QED) is 0.373. The Morgan fingerprint density at radius 1 is 1.17 bits per heavy atom. The Morgan fingerprint density at radius 2 is 2.03 bits per heavy atom. The van der Waals surface area contributed by atoms with Gasteiger partial charge in [-0.2, -0.15) is 0 Å². The minimum atomic E-state index is -0.211. The van der Waals surface area contributed by atoms with E-state index in [4.69, 9.17) is 18.9 Å². The summed E-state index contributed by atoms with van der Waals surface area (Å²) in [5.74, 6) is 0.518. The first kappa shape index (κ1) is 26.5. The normalized spacial score (nSPS) is 15.5. The standard InChI is InChI=1S/C27H36N2O6/c1-4-34-26(30)12-10-21-9-11-24(25(17-21)35-15-6-14-32-3)22-7-5-8-23(18-22)28-27(31)29-13-16-33-19-20(29)2/h5,7-9,11,17-18,20H,4,6,10,12-16,19H2,1-3H3,(H,28,31). The van der Waals surface area contributed by atoms with Crippen LogP contribution in [0.5, 0.6) is 5.75 Å². The molecule has 2 amide bonds. The van der Waals surface area contributed by atoms with Gasteiger partial charge >= 0.3 is 12.0 Å². The van der Waals surface area contributed by atoms with Gasteiger partial charge < -0.3 is 29.2 Å². The maximum atomic E-state index is 12.8. The number of hydrogen-bond acceptors (Lipinski definition) is 6. The smallest absolute Gasteiger partial charge is 0.322 e. The van der Waals surface area contributed by atoms with Crippen LogP contribution < -0.4 is 10.1 Å². The van der Waals surface area contributed by atoms with Crippen molar-refractivity contribution in [3.8, 4) is 16.9 Å². The molecular weight excluding hydrogens is 448 g/mol. The summed E-state index contributed by atoms with van der Waals surface area (Å²) in [5.41, 5.74) is 3.55. The number of morpholine rings is 1. The predicted molar refractivity (Wildman–Crippen MR) is 135 cm³/mol. The predicted octanol–water partition coefficient (Wildman–Crippen LogP) is 4.52. The molecule has 1 aliphatic rings. The summed E-state index contributed by atoms with van der Waals surface area (Å²) in [6.45, 7) is 6.93. The molecule has 0 aliphatic carbocycles. The monoisotopic (exact) mass is 484 g/mol. The third-order valence-corrected chi connectivity index (χ3v) is 5.77. The number of methoxy groups -OCH3 is 1. The zero-order valence-corrected chi connectivity index (χ0v) is 20.9. The van der Waals surface area contributed by atoms with Crippen molar-refractivity contribution >= 4 is 17.7 Å². The number of anilines is 1. The van der Waals surface area contributed by atoms with Crippen LogP contribution in [0.15, 0.2) is 42.5 Å². The van der Waals surface area contributed by atoms with Gasteiger partial charge in [0.05, 0.1) is 32.5 Å². The molecule has 8 nitrogen and oxygen atoms in total. The molecule has 3 rings (SSSR count). The van der Waals surface area contributed by atoms with Crippen molar-refractivity contribution < 1.29 is 28.5 Å². The van der Waals surface area contributed by atoms with Crippen LogP contribution in [0, 0.1) is 0 Å². The molecule has 1 heterocycles. The van der Waals surface area contributed by atoms with Crippen LogP contribution in [-0.4, -0.2) is 69.6 Å². The molecule has 1 aliphatic heterocycles. The number of esters is 1. The Kier molecular flexibility index (Phi) is 10.4. The number of carbonyl (C=O) groups is 2. The van der Waals surface area contributed by atoms with Crippen molar-refractivity contribution in [1.82, 2.24) is 4.90 Å². The van der Waals surface area contributed by atoms with E-state index in [1.165, 1.54) is 0 Å². The second kappa shape index (κ2) is 13.7. The average Bonchev–Trinajstić information content (AvgIpc) is 2.86. The maximum Gasteiger partial charge on any atom is 0.322 e. The van der Waals surface area contributed by atoms with E-state index in [9.17, 15) is 9.59 Å². The van der Waals surface area contributed by atoms with E-state index in [0.717, 1.165) is 28.9 Å².